The van der Waals surface area contributed by atoms with Crippen molar-refractivity contribution in [2.24, 2.45) is 11.3 Å². The van der Waals surface area contributed by atoms with E-state index in [0.717, 1.165) is 5.92 Å². The standard InChI is InChI=1S/C20H25PS3/c1-20(2,3)16-14-23-19(24-15-16)21(22,17-10-6-4-7-11-17)18-12-8-5-9-13-18/h4-13,16,19H,14-15H2,1-3H3. The largest absolute Gasteiger partial charge is 0.141 e. The summed E-state index contributed by atoms with van der Waals surface area (Å²) in [5, 5.41) is 2.70. The summed E-state index contributed by atoms with van der Waals surface area (Å²) in [5.41, 5.74) is 0.382. The van der Waals surface area contributed by atoms with Crippen LogP contribution in [0.5, 0.6) is 0 Å². The topological polar surface area (TPSA) is 0 Å². The van der Waals surface area contributed by atoms with Gasteiger partial charge in [0.2, 0.25) is 0 Å². The Hall–Kier alpha value is -0.210. The predicted molar refractivity (Wildman–Crippen MR) is 118 cm³/mol. The molecule has 0 aromatic heterocycles. The molecular weight excluding hydrogens is 367 g/mol. The second kappa shape index (κ2) is 7.58. The highest BCUT2D eigenvalue weighted by Gasteiger charge is 2.38. The molecule has 1 aliphatic rings. The van der Waals surface area contributed by atoms with Crippen LogP contribution in [0, 0.1) is 11.3 Å². The minimum atomic E-state index is -1.82. The van der Waals surface area contributed by atoms with Crippen molar-refractivity contribution in [3.05, 3.63) is 60.7 Å². The van der Waals surface area contributed by atoms with E-state index in [4.69, 9.17) is 11.8 Å². The third-order valence-electron chi connectivity index (χ3n) is 4.68. The molecule has 2 aromatic rings. The highest BCUT2D eigenvalue weighted by atomic mass is 32.5. The van der Waals surface area contributed by atoms with Crippen molar-refractivity contribution < 1.29 is 0 Å². The Morgan fingerprint density at radius 3 is 1.62 bits per heavy atom. The molecule has 4 heteroatoms. The van der Waals surface area contributed by atoms with Crippen LogP contribution in [-0.4, -0.2) is 15.8 Å². The van der Waals surface area contributed by atoms with Gasteiger partial charge in [0.15, 0.2) is 0 Å². The minimum Gasteiger partial charge on any atom is -0.141 e. The molecular formula is C20H25PS3. The molecule has 1 heterocycles. The minimum absolute atomic E-state index is 0.382. The Bertz CT molecular complexity index is 655. The maximum Gasteiger partial charge on any atom is 0.0865 e. The van der Waals surface area contributed by atoms with Gasteiger partial charge < -0.3 is 0 Å². The first-order valence-corrected chi connectivity index (χ1v) is 13.3. The molecule has 1 aliphatic heterocycles. The Morgan fingerprint density at radius 2 is 1.25 bits per heavy atom. The lowest BCUT2D eigenvalue weighted by Crippen LogP contribution is -2.32. The molecule has 0 bridgehead atoms. The highest BCUT2D eigenvalue weighted by molar-refractivity contribution is 8.37. The molecule has 0 radical (unpaired) electrons. The number of thioether (sulfide) groups is 2. The van der Waals surface area contributed by atoms with Crippen LogP contribution in [0.25, 0.3) is 0 Å². The van der Waals surface area contributed by atoms with Crippen LogP contribution in [0.3, 0.4) is 0 Å². The number of rotatable bonds is 3. The summed E-state index contributed by atoms with van der Waals surface area (Å²) < 4.78 is 0.482. The van der Waals surface area contributed by atoms with E-state index in [1.165, 1.54) is 22.1 Å². The van der Waals surface area contributed by atoms with E-state index in [0.29, 0.717) is 9.74 Å². The van der Waals surface area contributed by atoms with Crippen molar-refractivity contribution in [2.45, 2.75) is 25.1 Å². The summed E-state index contributed by atoms with van der Waals surface area (Å²) in [6.07, 6.45) is 0. The van der Waals surface area contributed by atoms with Gasteiger partial charge in [0.25, 0.3) is 0 Å². The van der Waals surface area contributed by atoms with E-state index in [1.54, 1.807) is 0 Å². The van der Waals surface area contributed by atoms with Crippen LogP contribution in [0.2, 0.25) is 0 Å². The third-order valence-corrected chi connectivity index (χ3v) is 15.5. The maximum atomic E-state index is 6.46. The van der Waals surface area contributed by atoms with Gasteiger partial charge in [-0.05, 0) is 33.4 Å². The quantitative estimate of drug-likeness (QED) is 0.629. The SMILES string of the molecule is CC(C)(C)C1CSC(P(=S)(c2ccccc2)c2ccccc2)SC1. The Kier molecular flexibility index (Phi) is 5.87. The van der Waals surface area contributed by atoms with E-state index >= 15 is 0 Å². The molecule has 0 amide bonds. The van der Waals surface area contributed by atoms with Crippen LogP contribution in [0.15, 0.2) is 60.7 Å². The van der Waals surface area contributed by atoms with Gasteiger partial charge in [-0.2, -0.15) is 0 Å². The lowest BCUT2D eigenvalue weighted by atomic mass is 9.83. The molecule has 0 nitrogen and oxygen atoms in total. The van der Waals surface area contributed by atoms with Crippen LogP contribution in [0.1, 0.15) is 20.8 Å². The van der Waals surface area contributed by atoms with Gasteiger partial charge >= 0.3 is 0 Å². The molecule has 1 saturated heterocycles. The van der Waals surface area contributed by atoms with Crippen LogP contribution >= 0.6 is 29.6 Å². The summed E-state index contributed by atoms with van der Waals surface area (Å²) in [6.45, 7) is 7.09. The molecule has 1 fully saturated rings. The average molecular weight is 393 g/mol. The number of hydrogen-bond acceptors (Lipinski definition) is 3. The van der Waals surface area contributed by atoms with Crippen molar-refractivity contribution in [1.29, 1.82) is 0 Å². The third kappa shape index (κ3) is 3.80. The van der Waals surface area contributed by atoms with Crippen molar-refractivity contribution >= 4 is 52.0 Å². The molecule has 128 valence electrons. The Morgan fingerprint density at radius 1 is 0.833 bits per heavy atom. The first-order valence-electron chi connectivity index (χ1n) is 8.36. The summed E-state index contributed by atoms with van der Waals surface area (Å²) in [5.74, 6) is 3.21. The summed E-state index contributed by atoms with van der Waals surface area (Å²) >= 11 is 10.7. The Balaban J connectivity index is 1.95. The second-order valence-electron chi connectivity index (χ2n) is 7.37. The van der Waals surface area contributed by atoms with Gasteiger partial charge in [0.1, 0.15) is 0 Å². The molecule has 0 unspecified atom stereocenters. The zero-order valence-electron chi connectivity index (χ0n) is 14.5. The zero-order valence-corrected chi connectivity index (χ0v) is 17.9. The molecule has 2 aromatic carbocycles. The van der Waals surface area contributed by atoms with E-state index in [2.05, 4.69) is 105 Å². The van der Waals surface area contributed by atoms with E-state index in [9.17, 15) is 0 Å². The van der Waals surface area contributed by atoms with Gasteiger partial charge in [0.05, 0.1) is 4.32 Å². The van der Waals surface area contributed by atoms with E-state index in [-0.39, 0.29) is 0 Å². The van der Waals surface area contributed by atoms with Crippen LogP contribution in [-0.2, 0) is 11.8 Å². The molecule has 0 atom stereocenters. The normalized spacial score (nSPS) is 22.3. The highest BCUT2D eigenvalue weighted by Crippen LogP contribution is 2.61. The fourth-order valence-corrected chi connectivity index (χ4v) is 13.4. The smallest absolute Gasteiger partial charge is 0.0865 e. The van der Waals surface area contributed by atoms with Gasteiger partial charge in [0, 0.05) is 6.04 Å². The van der Waals surface area contributed by atoms with E-state index in [1.807, 2.05) is 0 Å². The summed E-state index contributed by atoms with van der Waals surface area (Å²) in [6, 6.07) is 19.9. The van der Waals surface area contributed by atoms with Gasteiger partial charge in [-0.1, -0.05) is 93.2 Å². The van der Waals surface area contributed by atoms with Gasteiger partial charge in [-0.3, -0.25) is 0 Å². The molecule has 3 rings (SSSR count). The van der Waals surface area contributed by atoms with Gasteiger partial charge in [-0.15, -0.1) is 23.5 Å². The number of benzene rings is 2. The lowest BCUT2D eigenvalue weighted by Gasteiger charge is -2.40. The molecule has 0 spiro atoms. The van der Waals surface area contributed by atoms with Gasteiger partial charge in [-0.25, -0.2) is 0 Å². The van der Waals surface area contributed by atoms with E-state index < -0.39 is 6.04 Å². The number of hydrogen-bond donors (Lipinski definition) is 0. The van der Waals surface area contributed by atoms with Crippen LogP contribution < -0.4 is 10.6 Å². The fraction of sp³-hybridized carbons (Fsp3) is 0.400. The van der Waals surface area contributed by atoms with Crippen LogP contribution in [0.4, 0.5) is 0 Å². The molecule has 0 aliphatic carbocycles. The maximum absolute atomic E-state index is 6.46. The van der Waals surface area contributed by atoms with Crippen molar-refractivity contribution in [2.75, 3.05) is 11.5 Å². The average Bonchev–Trinajstić information content (AvgIpc) is 2.62. The zero-order chi connectivity index (χ0) is 17.2. The van der Waals surface area contributed by atoms with Crippen molar-refractivity contribution in [3.8, 4) is 0 Å². The summed E-state index contributed by atoms with van der Waals surface area (Å²) in [4.78, 5) is 0. The molecule has 0 N–H and O–H groups in total. The fourth-order valence-electron chi connectivity index (χ4n) is 2.89. The Labute approximate surface area is 160 Å². The van der Waals surface area contributed by atoms with Crippen molar-refractivity contribution in [3.63, 3.8) is 0 Å². The first-order chi connectivity index (χ1) is 11.4. The monoisotopic (exact) mass is 392 g/mol. The second-order valence-corrected chi connectivity index (χ2v) is 15.2. The molecule has 0 saturated carbocycles. The van der Waals surface area contributed by atoms with Crippen molar-refractivity contribution in [1.82, 2.24) is 0 Å². The molecule has 24 heavy (non-hydrogen) atoms. The lowest BCUT2D eigenvalue weighted by molar-refractivity contribution is 0.293. The summed E-state index contributed by atoms with van der Waals surface area (Å²) in [7, 11) is 0. The first kappa shape index (κ1) is 18.6. The predicted octanol–water partition coefficient (Wildman–Crippen LogP) is 5.54.